The van der Waals surface area contributed by atoms with Crippen LogP contribution in [0, 0.1) is 0 Å². The maximum atomic E-state index is 12.5. The average Bonchev–Trinajstić information content (AvgIpc) is 3.35. The summed E-state index contributed by atoms with van der Waals surface area (Å²) in [6.45, 7) is 1.78. The second-order valence-corrected chi connectivity index (χ2v) is 9.62. The zero-order valence-corrected chi connectivity index (χ0v) is 15.2. The number of rotatable bonds is 4. The van der Waals surface area contributed by atoms with Gasteiger partial charge in [-0.2, -0.15) is 0 Å². The Morgan fingerprint density at radius 3 is 2.84 bits per heavy atom. The summed E-state index contributed by atoms with van der Waals surface area (Å²) in [7, 11) is -3.14. The fourth-order valence-electron chi connectivity index (χ4n) is 3.56. The van der Waals surface area contributed by atoms with Gasteiger partial charge in [-0.1, -0.05) is 11.2 Å². The fraction of sp³-hybridized carbons (Fsp3) is 0.500. The maximum absolute atomic E-state index is 12.5. The molecule has 2 aromatic rings. The van der Waals surface area contributed by atoms with Crippen molar-refractivity contribution in [1.82, 2.24) is 15.4 Å². The normalized spacial score (nSPS) is 26.1. The van der Waals surface area contributed by atoms with E-state index in [9.17, 15) is 13.2 Å². The van der Waals surface area contributed by atoms with Gasteiger partial charge in [0.1, 0.15) is 0 Å². The molecule has 2 aromatic heterocycles. The number of sulfone groups is 1. The number of aromatic nitrogens is 1. The van der Waals surface area contributed by atoms with Crippen LogP contribution in [0.4, 0.5) is 0 Å². The molecule has 0 saturated carbocycles. The number of carbonyl (C=O) groups excluding carboxylic acids is 1. The van der Waals surface area contributed by atoms with E-state index in [-0.39, 0.29) is 23.2 Å². The standard InChI is InChI=1S/C16H19N3O4S2/c20-16(11-8-14(23-18-11)15-4-3-7-24-15)17-12-9-25(21,22)10-13(12)19-5-1-2-6-19/h3-4,7-8,12-13H,1-2,5-6,9-10H2,(H,17,20). The summed E-state index contributed by atoms with van der Waals surface area (Å²) < 4.78 is 29.4. The molecule has 2 aliphatic heterocycles. The van der Waals surface area contributed by atoms with Gasteiger partial charge >= 0.3 is 0 Å². The Bertz CT molecular complexity index is 854. The van der Waals surface area contributed by atoms with Crippen LogP contribution in [0.15, 0.2) is 28.1 Å². The third kappa shape index (κ3) is 3.49. The zero-order valence-electron chi connectivity index (χ0n) is 13.6. The summed E-state index contributed by atoms with van der Waals surface area (Å²) >= 11 is 1.50. The molecule has 25 heavy (non-hydrogen) atoms. The van der Waals surface area contributed by atoms with Crippen LogP contribution in [-0.4, -0.2) is 61.1 Å². The van der Waals surface area contributed by atoms with E-state index in [0.717, 1.165) is 30.8 Å². The summed E-state index contributed by atoms with van der Waals surface area (Å²) in [6, 6.07) is 4.82. The van der Waals surface area contributed by atoms with Gasteiger partial charge < -0.3 is 9.84 Å². The minimum atomic E-state index is -3.14. The summed E-state index contributed by atoms with van der Waals surface area (Å²) in [5, 5.41) is 8.61. The fourth-order valence-corrected chi connectivity index (χ4v) is 6.18. The monoisotopic (exact) mass is 381 g/mol. The van der Waals surface area contributed by atoms with Crippen molar-refractivity contribution in [3.05, 3.63) is 29.3 Å². The van der Waals surface area contributed by atoms with E-state index in [4.69, 9.17) is 4.52 Å². The Labute approximate surface area is 149 Å². The molecule has 0 aliphatic carbocycles. The summed E-state index contributed by atoms with van der Waals surface area (Å²) in [5.41, 5.74) is 0.174. The van der Waals surface area contributed by atoms with E-state index < -0.39 is 21.8 Å². The summed E-state index contributed by atoms with van der Waals surface area (Å²) in [5.74, 6) is 0.236. The number of nitrogens with zero attached hydrogens (tertiary/aromatic N) is 2. The van der Waals surface area contributed by atoms with Crippen molar-refractivity contribution in [1.29, 1.82) is 0 Å². The van der Waals surface area contributed by atoms with E-state index in [1.54, 1.807) is 6.07 Å². The van der Waals surface area contributed by atoms with Gasteiger partial charge in [0.2, 0.25) is 0 Å². The quantitative estimate of drug-likeness (QED) is 0.860. The molecule has 2 atom stereocenters. The van der Waals surface area contributed by atoms with E-state index in [0.29, 0.717) is 5.76 Å². The van der Waals surface area contributed by atoms with Crippen molar-refractivity contribution in [2.24, 2.45) is 0 Å². The van der Waals surface area contributed by atoms with E-state index >= 15 is 0 Å². The summed E-state index contributed by atoms with van der Waals surface area (Å²) in [4.78, 5) is 15.6. The van der Waals surface area contributed by atoms with Gasteiger partial charge in [-0.3, -0.25) is 9.69 Å². The van der Waals surface area contributed by atoms with Crippen molar-refractivity contribution in [2.45, 2.75) is 24.9 Å². The lowest BCUT2D eigenvalue weighted by atomic mass is 10.1. The maximum Gasteiger partial charge on any atom is 0.273 e. The molecule has 2 saturated heterocycles. The minimum absolute atomic E-state index is 0.0183. The predicted molar refractivity (Wildman–Crippen MR) is 94.3 cm³/mol. The Morgan fingerprint density at radius 2 is 2.12 bits per heavy atom. The van der Waals surface area contributed by atoms with E-state index in [1.807, 2.05) is 17.5 Å². The number of hydrogen-bond donors (Lipinski definition) is 1. The lowest BCUT2D eigenvalue weighted by Crippen LogP contribution is -2.50. The van der Waals surface area contributed by atoms with E-state index in [1.165, 1.54) is 11.3 Å². The Balaban J connectivity index is 1.49. The lowest BCUT2D eigenvalue weighted by Gasteiger charge is -2.28. The van der Waals surface area contributed by atoms with Gasteiger partial charge in [-0.05, 0) is 37.4 Å². The molecule has 2 fully saturated rings. The van der Waals surface area contributed by atoms with Gasteiger partial charge in [-0.25, -0.2) is 8.42 Å². The first-order valence-electron chi connectivity index (χ1n) is 8.28. The van der Waals surface area contributed by atoms with Gasteiger partial charge in [0, 0.05) is 12.1 Å². The molecule has 134 valence electrons. The number of amides is 1. The van der Waals surface area contributed by atoms with Crippen LogP contribution in [0.25, 0.3) is 10.6 Å². The third-order valence-corrected chi connectivity index (χ3v) is 7.36. The van der Waals surface area contributed by atoms with Crippen molar-refractivity contribution >= 4 is 27.1 Å². The third-order valence-electron chi connectivity index (χ3n) is 4.76. The molecule has 4 rings (SSSR count). The highest BCUT2D eigenvalue weighted by Gasteiger charge is 2.42. The van der Waals surface area contributed by atoms with Gasteiger partial charge in [-0.15, -0.1) is 11.3 Å². The molecular formula is C16H19N3O4S2. The van der Waals surface area contributed by atoms with Crippen LogP contribution < -0.4 is 5.32 Å². The van der Waals surface area contributed by atoms with Crippen LogP contribution in [0.5, 0.6) is 0 Å². The zero-order chi connectivity index (χ0) is 17.4. The topological polar surface area (TPSA) is 92.5 Å². The van der Waals surface area contributed by atoms with Crippen LogP contribution in [0.3, 0.4) is 0 Å². The molecule has 0 aromatic carbocycles. The highest BCUT2D eigenvalue weighted by atomic mass is 32.2. The number of likely N-dealkylation sites (tertiary alicyclic amines) is 1. The van der Waals surface area contributed by atoms with Crippen molar-refractivity contribution in [2.75, 3.05) is 24.6 Å². The average molecular weight is 381 g/mol. The Morgan fingerprint density at radius 1 is 1.32 bits per heavy atom. The first-order valence-corrected chi connectivity index (χ1v) is 11.0. The minimum Gasteiger partial charge on any atom is -0.355 e. The molecule has 9 heteroatoms. The number of carbonyl (C=O) groups is 1. The largest absolute Gasteiger partial charge is 0.355 e. The predicted octanol–water partition coefficient (Wildman–Crippen LogP) is 1.39. The molecular weight excluding hydrogens is 362 g/mol. The van der Waals surface area contributed by atoms with Crippen LogP contribution in [0.1, 0.15) is 23.3 Å². The van der Waals surface area contributed by atoms with Gasteiger partial charge in [0.05, 0.1) is 22.4 Å². The van der Waals surface area contributed by atoms with Crippen molar-refractivity contribution < 1.29 is 17.7 Å². The SMILES string of the molecule is O=C(NC1CS(=O)(=O)CC1N1CCCC1)c1cc(-c2cccs2)on1. The molecule has 0 radical (unpaired) electrons. The molecule has 2 unspecified atom stereocenters. The lowest BCUT2D eigenvalue weighted by molar-refractivity contribution is 0.0909. The highest BCUT2D eigenvalue weighted by Crippen LogP contribution is 2.26. The van der Waals surface area contributed by atoms with Crippen LogP contribution in [0.2, 0.25) is 0 Å². The van der Waals surface area contributed by atoms with E-state index in [2.05, 4.69) is 15.4 Å². The van der Waals surface area contributed by atoms with Gasteiger partial charge in [0.25, 0.3) is 5.91 Å². The van der Waals surface area contributed by atoms with Crippen molar-refractivity contribution in [3.8, 4) is 10.6 Å². The molecule has 0 spiro atoms. The molecule has 7 nitrogen and oxygen atoms in total. The summed E-state index contributed by atoms with van der Waals surface area (Å²) in [6.07, 6.45) is 2.15. The Hall–Kier alpha value is -1.71. The Kier molecular flexibility index (Phi) is 4.38. The number of hydrogen-bond acceptors (Lipinski definition) is 7. The van der Waals surface area contributed by atoms with Crippen LogP contribution >= 0.6 is 11.3 Å². The first kappa shape index (κ1) is 16.7. The second-order valence-electron chi connectivity index (χ2n) is 6.52. The van der Waals surface area contributed by atoms with Crippen molar-refractivity contribution in [3.63, 3.8) is 0 Å². The smallest absolute Gasteiger partial charge is 0.273 e. The molecule has 1 N–H and O–H groups in total. The highest BCUT2D eigenvalue weighted by molar-refractivity contribution is 7.91. The molecule has 4 heterocycles. The van der Waals surface area contributed by atoms with Crippen LogP contribution in [-0.2, 0) is 9.84 Å². The number of thiophene rings is 1. The molecule has 0 bridgehead atoms. The molecule has 2 aliphatic rings. The molecule has 1 amide bonds. The second kappa shape index (κ2) is 6.54. The first-order chi connectivity index (χ1) is 12.0. The number of nitrogens with one attached hydrogen (secondary N) is 1. The van der Waals surface area contributed by atoms with Gasteiger partial charge in [0.15, 0.2) is 21.3 Å².